The smallest absolute Gasteiger partial charge is 0.339 e. The van der Waals surface area contributed by atoms with Crippen LogP contribution in [0.4, 0.5) is 23.2 Å². The van der Waals surface area contributed by atoms with Gasteiger partial charge in [0.2, 0.25) is 22.8 Å². The SMILES string of the molecule is C[C@H](N)C(=O)N[C@@H](C)C(=O)N[C@@H](C)C(=O)Nc1cc(C(=O)O[C@]2(C(=O)SCF)CC[C@H]3[C@@H]4C[C@H](F)C5=CC(=O)C=C[C@]5(C)[C@@]4(F)[C@@H](O)C[C@@]32C)ccc1F. The Balaban J connectivity index is 1.40. The van der Waals surface area contributed by atoms with Crippen molar-refractivity contribution < 1.29 is 56.2 Å². The number of ketones is 1. The van der Waals surface area contributed by atoms with Crippen LogP contribution in [0.2, 0.25) is 0 Å². The number of rotatable bonds is 10. The number of aliphatic hydroxyl groups is 1. The summed E-state index contributed by atoms with van der Waals surface area (Å²) in [5, 5.41) is 17.8. The lowest BCUT2D eigenvalue weighted by Gasteiger charge is -2.63. The molecule has 17 heteroatoms. The van der Waals surface area contributed by atoms with E-state index in [2.05, 4.69) is 16.0 Å². The highest BCUT2D eigenvalue weighted by molar-refractivity contribution is 8.13. The number of allylic oxidation sites excluding steroid dienone is 4. The zero-order valence-electron chi connectivity index (χ0n) is 30.3. The van der Waals surface area contributed by atoms with Crippen LogP contribution in [0, 0.1) is 28.5 Å². The molecule has 1 aromatic carbocycles. The number of nitrogens with two attached hydrogens (primary N) is 1. The van der Waals surface area contributed by atoms with Crippen LogP contribution < -0.4 is 21.7 Å². The predicted molar refractivity (Wildman–Crippen MR) is 189 cm³/mol. The Morgan fingerprint density at radius 3 is 2.35 bits per heavy atom. The highest BCUT2D eigenvalue weighted by Crippen LogP contribution is 2.71. The molecule has 0 unspecified atom stereocenters. The predicted octanol–water partition coefficient (Wildman–Crippen LogP) is 3.52. The topological polar surface area (TPSA) is 194 Å². The van der Waals surface area contributed by atoms with Crippen LogP contribution in [-0.2, 0) is 28.7 Å². The number of nitrogens with one attached hydrogen (secondary N) is 3. The summed E-state index contributed by atoms with van der Waals surface area (Å²) in [5.74, 6) is -6.96. The third-order valence-electron chi connectivity index (χ3n) is 11.9. The molecule has 0 bridgehead atoms. The van der Waals surface area contributed by atoms with Crippen molar-refractivity contribution in [2.45, 2.75) is 102 Å². The van der Waals surface area contributed by atoms with Crippen molar-refractivity contribution in [1.29, 1.82) is 0 Å². The summed E-state index contributed by atoms with van der Waals surface area (Å²) in [5.41, 5.74) is -3.28. The fraction of sp³-hybridized carbons (Fsp3) is 0.568. The van der Waals surface area contributed by atoms with Crippen molar-refractivity contribution in [2.75, 3.05) is 11.3 Å². The first-order valence-electron chi connectivity index (χ1n) is 17.6. The van der Waals surface area contributed by atoms with E-state index in [0.717, 1.165) is 30.4 Å². The van der Waals surface area contributed by atoms with Gasteiger partial charge in [-0.2, -0.15) is 0 Å². The molecule has 294 valence electrons. The third kappa shape index (κ3) is 6.65. The largest absolute Gasteiger partial charge is 0.446 e. The van der Waals surface area contributed by atoms with Crippen molar-refractivity contribution in [1.82, 2.24) is 10.6 Å². The minimum atomic E-state index is -2.48. The third-order valence-corrected chi connectivity index (χ3v) is 12.6. The van der Waals surface area contributed by atoms with Crippen molar-refractivity contribution in [3.05, 3.63) is 53.4 Å². The first-order chi connectivity index (χ1) is 25.2. The van der Waals surface area contributed by atoms with E-state index in [0.29, 0.717) is 0 Å². The van der Waals surface area contributed by atoms with Gasteiger partial charge in [0, 0.05) is 16.7 Å². The number of thioether (sulfide) groups is 1. The number of anilines is 1. The fourth-order valence-corrected chi connectivity index (χ4v) is 9.63. The molecule has 0 aromatic heterocycles. The van der Waals surface area contributed by atoms with Crippen molar-refractivity contribution in [3.63, 3.8) is 0 Å². The van der Waals surface area contributed by atoms with Crippen molar-refractivity contribution in [3.8, 4) is 0 Å². The molecule has 54 heavy (non-hydrogen) atoms. The van der Waals surface area contributed by atoms with Gasteiger partial charge in [-0.15, -0.1) is 0 Å². The number of carbonyl (C=O) groups is 6. The molecule has 0 saturated heterocycles. The summed E-state index contributed by atoms with van der Waals surface area (Å²) in [6.07, 6.45) is -1.19. The van der Waals surface area contributed by atoms with Crippen molar-refractivity contribution >= 4 is 52.0 Å². The summed E-state index contributed by atoms with van der Waals surface area (Å²) < 4.78 is 68.2. The number of esters is 1. The molecule has 0 spiro atoms. The first-order valence-corrected chi connectivity index (χ1v) is 18.5. The summed E-state index contributed by atoms with van der Waals surface area (Å²) in [6.45, 7) is 7.02. The molecule has 1 aromatic rings. The number of hydrogen-bond acceptors (Lipinski definition) is 10. The Morgan fingerprint density at radius 2 is 1.70 bits per heavy atom. The molecule has 0 aliphatic heterocycles. The Hall–Kier alpha value is -4.09. The molecule has 11 atom stereocenters. The Labute approximate surface area is 313 Å². The minimum absolute atomic E-state index is 0.0395. The van der Waals surface area contributed by atoms with Gasteiger partial charge in [0.05, 0.1) is 23.4 Å². The van der Waals surface area contributed by atoms with E-state index in [-0.39, 0.29) is 35.7 Å². The van der Waals surface area contributed by atoms with E-state index in [1.54, 1.807) is 0 Å². The van der Waals surface area contributed by atoms with Gasteiger partial charge in [0.1, 0.15) is 30.1 Å². The number of carbonyl (C=O) groups excluding carboxylic acids is 6. The molecule has 3 fully saturated rings. The number of alkyl halides is 3. The number of hydrogen-bond donors (Lipinski definition) is 5. The minimum Gasteiger partial charge on any atom is -0.446 e. The van der Waals surface area contributed by atoms with E-state index in [9.17, 15) is 42.7 Å². The van der Waals surface area contributed by atoms with E-state index in [4.69, 9.17) is 10.5 Å². The monoisotopic (exact) mass is 780 g/mol. The number of halogens is 4. The van der Waals surface area contributed by atoms with Crippen LogP contribution in [0.1, 0.15) is 70.7 Å². The van der Waals surface area contributed by atoms with Crippen LogP contribution in [0.3, 0.4) is 0 Å². The number of amides is 3. The van der Waals surface area contributed by atoms with E-state index >= 15 is 8.78 Å². The van der Waals surface area contributed by atoms with Crippen LogP contribution in [0.15, 0.2) is 42.0 Å². The lowest BCUT2D eigenvalue weighted by molar-refractivity contribution is -0.219. The number of aliphatic hydroxyl groups excluding tert-OH is 1. The molecule has 12 nitrogen and oxygen atoms in total. The summed E-state index contributed by atoms with van der Waals surface area (Å²) in [6, 6.07) is -1.59. The molecule has 4 aliphatic rings. The van der Waals surface area contributed by atoms with Gasteiger partial charge in [0.15, 0.2) is 17.1 Å². The quantitative estimate of drug-likeness (QED) is 0.173. The van der Waals surface area contributed by atoms with Gasteiger partial charge in [-0.25, -0.2) is 22.4 Å². The van der Waals surface area contributed by atoms with E-state index in [1.807, 2.05) is 0 Å². The molecular formula is C37H44F4N4O8S. The second-order valence-corrected chi connectivity index (χ2v) is 16.0. The van der Waals surface area contributed by atoms with Crippen LogP contribution in [0.5, 0.6) is 0 Å². The highest BCUT2D eigenvalue weighted by atomic mass is 32.2. The molecule has 5 rings (SSSR count). The van der Waals surface area contributed by atoms with Gasteiger partial charge in [-0.05, 0) is 107 Å². The molecule has 3 saturated carbocycles. The first kappa shape index (κ1) is 41.1. The standard InChI is InChI=1S/C37H44F4N4O8S/c1-17(42)29(48)43-18(2)30(49)44-19(3)31(50)45-27-12-20(6-7-25(27)39)32(51)53-36(33(52)54-16-38)11-9-22-23-14-26(40)24-13-21(46)8-10-34(24,4)37(23,41)28(47)15-35(22,36)5/h6-8,10,12-13,17-19,22-23,26,28,47H,9,11,14-16,42H2,1-5H3,(H,43,48)(H,44,49)(H,45,50)/t17-,18-,19-,22-,23-,26-,28-,34-,35-,36-,37-/m0/s1. The lowest BCUT2D eigenvalue weighted by Crippen LogP contribution is -2.70. The fourth-order valence-electron chi connectivity index (χ4n) is 8.92. The molecular weight excluding hydrogens is 736 g/mol. The van der Waals surface area contributed by atoms with Gasteiger partial charge in [-0.1, -0.05) is 13.0 Å². The zero-order valence-corrected chi connectivity index (χ0v) is 31.2. The van der Waals surface area contributed by atoms with Gasteiger partial charge >= 0.3 is 5.97 Å². The molecule has 4 aliphatic carbocycles. The molecule has 0 radical (unpaired) electrons. The number of ether oxygens (including phenoxy) is 1. The molecule has 3 amide bonds. The summed E-state index contributed by atoms with van der Waals surface area (Å²) in [7, 11) is 0. The van der Waals surface area contributed by atoms with E-state index < -0.39 is 129 Å². The average molecular weight is 781 g/mol. The highest BCUT2D eigenvalue weighted by Gasteiger charge is 2.76. The summed E-state index contributed by atoms with van der Waals surface area (Å²) in [4.78, 5) is 77.2. The normalized spacial score (nSPS) is 34.2. The van der Waals surface area contributed by atoms with Gasteiger partial charge in [0.25, 0.3) is 0 Å². The number of fused-ring (bicyclic) bond motifs is 5. The second-order valence-electron chi connectivity index (χ2n) is 15.1. The number of benzene rings is 1. The maximum atomic E-state index is 17.6. The lowest BCUT2D eigenvalue weighted by atomic mass is 9.44. The zero-order chi connectivity index (χ0) is 40.1. The van der Waals surface area contributed by atoms with Crippen molar-refractivity contribution in [2.24, 2.45) is 28.4 Å². The maximum Gasteiger partial charge on any atom is 0.339 e. The Kier molecular flexibility index (Phi) is 11.3. The Bertz CT molecular complexity index is 1830. The maximum absolute atomic E-state index is 17.6. The molecule has 6 N–H and O–H groups in total. The molecule has 0 heterocycles. The van der Waals surface area contributed by atoms with Crippen LogP contribution >= 0.6 is 11.8 Å². The average Bonchev–Trinajstić information content (AvgIpc) is 3.39. The Morgan fingerprint density at radius 1 is 1.06 bits per heavy atom. The summed E-state index contributed by atoms with van der Waals surface area (Å²) >= 11 is 0.224. The van der Waals surface area contributed by atoms with Crippen LogP contribution in [-0.4, -0.2) is 87.4 Å². The van der Waals surface area contributed by atoms with Gasteiger partial charge < -0.3 is 31.5 Å². The van der Waals surface area contributed by atoms with Gasteiger partial charge in [-0.3, -0.25) is 24.0 Å². The second kappa shape index (κ2) is 14.9. The van der Waals surface area contributed by atoms with Crippen LogP contribution in [0.25, 0.3) is 0 Å². The van der Waals surface area contributed by atoms with E-state index in [1.165, 1.54) is 40.7 Å².